The first-order valence-corrected chi connectivity index (χ1v) is 18.5. The molecular weight excluding hydrogens is 686 g/mol. The molecule has 0 N–H and O–H groups in total. The van der Waals surface area contributed by atoms with Crippen molar-refractivity contribution in [2.75, 3.05) is 51.7 Å². The van der Waals surface area contributed by atoms with E-state index in [1.54, 1.807) is 24.3 Å². The van der Waals surface area contributed by atoms with E-state index in [1.807, 2.05) is 31.7 Å². The van der Waals surface area contributed by atoms with Gasteiger partial charge in [0.15, 0.2) is 6.79 Å². The molecule has 2 aromatic heterocycles. The van der Waals surface area contributed by atoms with Gasteiger partial charge in [-0.05, 0) is 82.7 Å². The molecular formula is C39H44F2N6O6. The molecule has 0 saturated carbocycles. The number of anilines is 1. The zero-order chi connectivity index (χ0) is 36.6. The van der Waals surface area contributed by atoms with Crippen LogP contribution in [0.3, 0.4) is 0 Å². The first-order chi connectivity index (χ1) is 25.5. The molecule has 7 heterocycles. The van der Waals surface area contributed by atoms with E-state index in [2.05, 4.69) is 9.80 Å². The molecule has 5 aliphatic heterocycles. The molecule has 2 aromatic carbocycles. The number of ether oxygens (including phenoxy) is 5. The van der Waals surface area contributed by atoms with E-state index in [-0.39, 0.29) is 50.2 Å². The normalized spacial score (nSPS) is 26.4. The predicted octanol–water partition coefficient (Wildman–Crippen LogP) is 6.27. The first kappa shape index (κ1) is 34.2. The molecule has 5 atom stereocenters. The lowest BCUT2D eigenvalue weighted by Gasteiger charge is -2.46. The highest BCUT2D eigenvalue weighted by atomic mass is 19.1. The topological polar surface area (TPSA) is 112 Å². The number of pyridine rings is 1. The number of carbonyl (C=O) groups is 1. The van der Waals surface area contributed by atoms with Crippen molar-refractivity contribution < 1.29 is 37.3 Å². The Labute approximate surface area is 306 Å². The summed E-state index contributed by atoms with van der Waals surface area (Å²) in [5.41, 5.74) is 0.392. The van der Waals surface area contributed by atoms with Crippen LogP contribution in [0.2, 0.25) is 0 Å². The largest absolute Gasteiger partial charge is 0.475 e. The maximum Gasteiger partial charge on any atom is 0.410 e. The molecule has 53 heavy (non-hydrogen) atoms. The second-order valence-corrected chi connectivity index (χ2v) is 16.0. The van der Waals surface area contributed by atoms with E-state index in [0.717, 1.165) is 32.2 Å². The second-order valence-electron chi connectivity index (χ2n) is 16.0. The molecule has 2 bridgehead atoms. The molecule has 14 heteroatoms. The summed E-state index contributed by atoms with van der Waals surface area (Å²) in [5, 5.41) is 1.62. The molecule has 5 aliphatic rings. The number of amides is 1. The molecule has 4 aromatic rings. The minimum Gasteiger partial charge on any atom is -0.475 e. The van der Waals surface area contributed by atoms with Gasteiger partial charge in [0.1, 0.15) is 47.8 Å². The number of hydrogen-bond acceptors (Lipinski definition) is 11. The fourth-order valence-electron chi connectivity index (χ4n) is 9.26. The Hall–Kier alpha value is -4.56. The first-order valence-electron chi connectivity index (χ1n) is 18.5. The van der Waals surface area contributed by atoms with Gasteiger partial charge in [-0.1, -0.05) is 12.1 Å². The molecule has 280 valence electrons. The number of piperazine rings is 1. The lowest BCUT2D eigenvalue weighted by molar-refractivity contribution is 0.00537. The van der Waals surface area contributed by atoms with E-state index < -0.39 is 23.1 Å². The maximum atomic E-state index is 15.6. The van der Waals surface area contributed by atoms with Crippen LogP contribution in [-0.4, -0.2) is 113 Å². The molecule has 0 unspecified atom stereocenters. The predicted molar refractivity (Wildman–Crippen MR) is 193 cm³/mol. The quantitative estimate of drug-likeness (QED) is 0.201. The van der Waals surface area contributed by atoms with Crippen LogP contribution in [0.5, 0.6) is 17.6 Å². The Kier molecular flexibility index (Phi) is 8.26. The number of hydrogen-bond donors (Lipinski definition) is 0. The molecule has 0 aliphatic carbocycles. The monoisotopic (exact) mass is 730 g/mol. The van der Waals surface area contributed by atoms with Crippen molar-refractivity contribution in [1.82, 2.24) is 24.8 Å². The third-order valence-electron chi connectivity index (χ3n) is 11.4. The Bertz CT molecular complexity index is 2100. The van der Waals surface area contributed by atoms with Gasteiger partial charge in [-0.3, -0.25) is 9.80 Å². The number of alkyl halides is 1. The number of benzene rings is 2. The van der Waals surface area contributed by atoms with Gasteiger partial charge in [-0.25, -0.2) is 18.6 Å². The third kappa shape index (κ3) is 5.94. The standard InChI is InChI=1S/C39H44F2N6O6/c1-38(2,3)53-37(48)47-24-9-10-30(47)31-19-50-35-33-29(15-28(42-35)26-14-25(52-21-49-4)13-22-7-5-8-27(41)32(22)26)43-36(44-34(33)46(31)18-24)51-20-39-11-6-12-45(39)17-23(40)16-39/h5,7-8,13-15,23-24,30-31H,6,9-12,16-21H2,1-4H3/t23-,24+,30-,31+,39+/m1/s1. The number of halogens is 2. The fourth-order valence-corrected chi connectivity index (χ4v) is 9.26. The van der Waals surface area contributed by atoms with E-state index >= 15 is 4.39 Å². The van der Waals surface area contributed by atoms with Crippen LogP contribution < -0.4 is 19.1 Å². The van der Waals surface area contributed by atoms with E-state index in [4.69, 9.17) is 38.6 Å². The van der Waals surface area contributed by atoms with Crippen molar-refractivity contribution >= 4 is 33.6 Å². The molecule has 9 rings (SSSR count). The van der Waals surface area contributed by atoms with Crippen LogP contribution in [0.15, 0.2) is 36.4 Å². The lowest BCUT2D eigenvalue weighted by atomic mass is 9.95. The van der Waals surface area contributed by atoms with E-state index in [0.29, 0.717) is 69.9 Å². The number of carbonyl (C=O) groups excluding carboxylic acids is 1. The molecule has 4 fully saturated rings. The van der Waals surface area contributed by atoms with Crippen molar-refractivity contribution in [1.29, 1.82) is 0 Å². The SMILES string of the molecule is COCOc1cc(-c2cc3nc(OC[C@@]45CCCN4C[C@H](F)C5)nc4c3c(n2)OC[C@H]2[C@H]3CC[C@@H](CN42)N3C(=O)OC(C)(C)C)c2c(F)cccc2c1. The minimum atomic E-state index is -0.897. The molecule has 4 saturated heterocycles. The van der Waals surface area contributed by atoms with Crippen LogP contribution >= 0.6 is 0 Å². The van der Waals surface area contributed by atoms with Crippen LogP contribution in [0.1, 0.15) is 52.9 Å². The van der Waals surface area contributed by atoms with Gasteiger partial charge in [0.05, 0.1) is 34.9 Å². The van der Waals surface area contributed by atoms with Gasteiger partial charge in [0.2, 0.25) is 5.88 Å². The van der Waals surface area contributed by atoms with Gasteiger partial charge >= 0.3 is 12.1 Å². The summed E-state index contributed by atoms with van der Waals surface area (Å²) >= 11 is 0. The summed E-state index contributed by atoms with van der Waals surface area (Å²) in [6.07, 6.45) is 2.61. The van der Waals surface area contributed by atoms with Gasteiger partial charge in [0, 0.05) is 37.6 Å². The average molecular weight is 731 g/mol. The summed E-state index contributed by atoms with van der Waals surface area (Å²) in [7, 11) is 1.53. The van der Waals surface area contributed by atoms with Crippen LogP contribution in [0.25, 0.3) is 32.9 Å². The van der Waals surface area contributed by atoms with Gasteiger partial charge in [0.25, 0.3) is 0 Å². The second kappa shape index (κ2) is 12.8. The zero-order valence-corrected chi connectivity index (χ0v) is 30.4. The fraction of sp³-hybridized carbons (Fsp3) is 0.538. The molecule has 1 amide bonds. The number of aromatic nitrogens is 3. The Morgan fingerprint density at radius 1 is 1.06 bits per heavy atom. The van der Waals surface area contributed by atoms with Crippen LogP contribution in [-0.2, 0) is 9.47 Å². The number of nitrogens with zero attached hydrogens (tertiary/aromatic N) is 6. The highest BCUT2D eigenvalue weighted by Gasteiger charge is 2.52. The van der Waals surface area contributed by atoms with Crippen LogP contribution in [0.4, 0.5) is 19.4 Å². The van der Waals surface area contributed by atoms with Crippen molar-refractivity contribution in [3.8, 4) is 28.9 Å². The van der Waals surface area contributed by atoms with Crippen molar-refractivity contribution in [3.63, 3.8) is 0 Å². The molecule has 12 nitrogen and oxygen atoms in total. The Balaban J connectivity index is 1.17. The Morgan fingerprint density at radius 2 is 1.92 bits per heavy atom. The number of fused-ring (bicyclic) bond motifs is 7. The zero-order valence-electron chi connectivity index (χ0n) is 30.4. The smallest absolute Gasteiger partial charge is 0.410 e. The summed E-state index contributed by atoms with van der Waals surface area (Å²) in [5.74, 6) is 0.985. The maximum absolute atomic E-state index is 15.6. The minimum absolute atomic E-state index is 0.0127. The summed E-state index contributed by atoms with van der Waals surface area (Å²) in [6.45, 7) is 7.86. The van der Waals surface area contributed by atoms with E-state index in [9.17, 15) is 9.18 Å². The van der Waals surface area contributed by atoms with Crippen molar-refractivity contribution in [2.24, 2.45) is 0 Å². The third-order valence-corrected chi connectivity index (χ3v) is 11.4. The van der Waals surface area contributed by atoms with Gasteiger partial charge in [-0.2, -0.15) is 9.97 Å². The summed E-state index contributed by atoms with van der Waals surface area (Å²) in [6, 6.07) is 9.82. The Morgan fingerprint density at radius 3 is 2.75 bits per heavy atom. The number of methoxy groups -OCH3 is 1. The van der Waals surface area contributed by atoms with Gasteiger partial charge in [-0.15, -0.1) is 0 Å². The van der Waals surface area contributed by atoms with Gasteiger partial charge < -0.3 is 28.6 Å². The molecule has 0 radical (unpaired) electrons. The highest BCUT2D eigenvalue weighted by molar-refractivity contribution is 6.01. The average Bonchev–Trinajstić information content (AvgIpc) is 3.72. The number of rotatable bonds is 7. The summed E-state index contributed by atoms with van der Waals surface area (Å²) in [4.78, 5) is 34.8. The summed E-state index contributed by atoms with van der Waals surface area (Å²) < 4.78 is 60.2. The van der Waals surface area contributed by atoms with Crippen molar-refractivity contribution in [3.05, 3.63) is 42.2 Å². The van der Waals surface area contributed by atoms with E-state index in [1.165, 1.54) is 13.2 Å². The highest BCUT2D eigenvalue weighted by Crippen LogP contribution is 2.46. The van der Waals surface area contributed by atoms with Crippen molar-refractivity contribution in [2.45, 2.75) is 88.3 Å². The van der Waals surface area contributed by atoms with Crippen LogP contribution in [0, 0.1) is 5.82 Å². The lowest BCUT2D eigenvalue weighted by Crippen LogP contribution is -2.63. The molecule has 0 spiro atoms.